The molecule has 0 aliphatic heterocycles. The first-order valence-electron chi connectivity index (χ1n) is 13.8. The van der Waals surface area contributed by atoms with Crippen molar-refractivity contribution in [2.45, 2.75) is 70.5 Å². The lowest BCUT2D eigenvalue weighted by atomic mass is 9.80. The highest BCUT2D eigenvalue weighted by Gasteiger charge is 2.50. The molecule has 3 heterocycles. The number of fused-ring (bicyclic) bond motifs is 2. The topological polar surface area (TPSA) is 135 Å². The van der Waals surface area contributed by atoms with Gasteiger partial charge in [0.05, 0.1) is 35.7 Å². The van der Waals surface area contributed by atoms with E-state index in [9.17, 15) is 19.4 Å². The highest BCUT2D eigenvalue weighted by molar-refractivity contribution is 5.87. The first-order valence-corrected chi connectivity index (χ1v) is 13.8. The molecule has 3 aromatic heterocycles. The highest BCUT2D eigenvalue weighted by atomic mass is 19.1. The Balaban J connectivity index is 1.28. The van der Waals surface area contributed by atoms with Gasteiger partial charge in [0.15, 0.2) is 5.82 Å². The van der Waals surface area contributed by atoms with Crippen LogP contribution in [-0.4, -0.2) is 49.7 Å². The fourth-order valence-corrected chi connectivity index (χ4v) is 5.78. The summed E-state index contributed by atoms with van der Waals surface area (Å²) in [6, 6.07) is 12.5. The number of nitrogens with two attached hydrogens (primary N) is 1. The Bertz CT molecular complexity index is 1530. The molecule has 1 aliphatic carbocycles. The van der Waals surface area contributed by atoms with Crippen molar-refractivity contribution < 1.29 is 24.1 Å². The number of rotatable bonds is 9. The number of aromatic nitrogens is 3. The van der Waals surface area contributed by atoms with E-state index in [0.717, 1.165) is 35.7 Å². The Morgan fingerprint density at radius 3 is 2.83 bits per heavy atom. The molecule has 10 heteroatoms. The minimum absolute atomic E-state index is 0.176. The molecule has 0 spiro atoms. The molecule has 212 valence electrons. The molecule has 1 aromatic carbocycles. The van der Waals surface area contributed by atoms with E-state index in [1.54, 1.807) is 6.07 Å². The summed E-state index contributed by atoms with van der Waals surface area (Å²) in [5.41, 5.74) is 8.02. The predicted octanol–water partition coefficient (Wildman–Crippen LogP) is 5.19. The predicted molar refractivity (Wildman–Crippen MR) is 152 cm³/mol. The largest absolute Gasteiger partial charge is 0.449 e. The van der Waals surface area contributed by atoms with E-state index in [-0.39, 0.29) is 11.2 Å². The second-order valence-electron chi connectivity index (χ2n) is 11.1. The van der Waals surface area contributed by atoms with Crippen LogP contribution in [0.5, 0.6) is 0 Å². The van der Waals surface area contributed by atoms with Gasteiger partial charge in [-0.05, 0) is 67.0 Å². The van der Waals surface area contributed by atoms with Gasteiger partial charge in [-0.25, -0.2) is 18.7 Å². The zero-order valence-electron chi connectivity index (χ0n) is 22.8. The van der Waals surface area contributed by atoms with Crippen LogP contribution in [0.25, 0.3) is 16.4 Å². The monoisotopic (exact) mass is 549 g/mol. The third kappa shape index (κ3) is 5.46. The smallest absolute Gasteiger partial charge is 0.412 e. The number of aliphatic hydroxyl groups excluding tert-OH is 2. The number of hydrogen-bond donors (Lipinski definition) is 4. The molecule has 0 bridgehead atoms. The Morgan fingerprint density at radius 2 is 2.02 bits per heavy atom. The number of nitrogens with zero attached hydrogens (tertiary/aromatic N) is 3. The van der Waals surface area contributed by atoms with Crippen LogP contribution in [0.15, 0.2) is 48.7 Å². The normalized spacial score (nSPS) is 22.7. The molecule has 40 heavy (non-hydrogen) atoms. The van der Waals surface area contributed by atoms with Gasteiger partial charge in [-0.2, -0.15) is 5.10 Å². The lowest BCUT2D eigenvalue weighted by Gasteiger charge is -2.28. The summed E-state index contributed by atoms with van der Waals surface area (Å²) in [4.78, 5) is 16.7. The lowest BCUT2D eigenvalue weighted by Crippen LogP contribution is -2.34. The average Bonchev–Trinajstić information content (AvgIpc) is 3.39. The Labute approximate surface area is 232 Å². The number of unbranched alkanes of at least 4 members (excludes halogenated alkanes) is 2. The molecule has 4 atom stereocenters. The standard InChI is InChI=1S/C30H36FN5O4/c1-3-4-5-14-40-29(39)35-25-9-8-19-7-6-18(15-23(19)34-25)10-12-30(2)17-20(27(37)28(30)38)24-16-21(31)26-22(32)11-13-33-36(24)26/h6-9,11,13,15-16,20,27-28,37-38H,3-5,10,12,14,17,32H2,1-2H3,(H,34,35,39)/t20-,27-,28-,30-/m0/s1. The maximum absolute atomic E-state index is 14.7. The number of nitrogens with one attached hydrogen (secondary N) is 1. The first kappa shape index (κ1) is 27.8. The number of aryl methyl sites for hydroxylation is 1. The zero-order chi connectivity index (χ0) is 28.4. The van der Waals surface area contributed by atoms with Crippen molar-refractivity contribution in [3.63, 3.8) is 0 Å². The summed E-state index contributed by atoms with van der Waals surface area (Å²) < 4.78 is 21.3. The lowest BCUT2D eigenvalue weighted by molar-refractivity contribution is -0.0204. The number of ether oxygens (including phenoxy) is 1. The average molecular weight is 550 g/mol. The van der Waals surface area contributed by atoms with Gasteiger partial charge in [-0.1, -0.05) is 38.8 Å². The number of benzene rings is 1. The Kier molecular flexibility index (Phi) is 7.91. The summed E-state index contributed by atoms with van der Waals surface area (Å²) in [5, 5.41) is 30.0. The number of nitrogen functional groups attached to an aromatic ring is 1. The second kappa shape index (κ2) is 11.4. The second-order valence-corrected chi connectivity index (χ2v) is 11.1. The van der Waals surface area contributed by atoms with Gasteiger partial charge in [0.2, 0.25) is 0 Å². The van der Waals surface area contributed by atoms with E-state index in [1.807, 2.05) is 31.2 Å². The van der Waals surface area contributed by atoms with Crippen molar-refractivity contribution >= 4 is 34.0 Å². The molecule has 1 saturated carbocycles. The van der Waals surface area contributed by atoms with E-state index >= 15 is 0 Å². The quantitative estimate of drug-likeness (QED) is 0.211. The van der Waals surface area contributed by atoms with Gasteiger partial charge in [0, 0.05) is 17.5 Å². The van der Waals surface area contributed by atoms with E-state index in [2.05, 4.69) is 22.3 Å². The van der Waals surface area contributed by atoms with Gasteiger partial charge in [-0.3, -0.25) is 5.32 Å². The van der Waals surface area contributed by atoms with Gasteiger partial charge in [-0.15, -0.1) is 0 Å². The van der Waals surface area contributed by atoms with Gasteiger partial charge < -0.3 is 20.7 Å². The fraction of sp³-hybridized carbons (Fsp3) is 0.433. The van der Waals surface area contributed by atoms with Gasteiger partial charge in [0.1, 0.15) is 11.3 Å². The Morgan fingerprint density at radius 1 is 1.23 bits per heavy atom. The molecule has 0 radical (unpaired) electrons. The molecule has 1 fully saturated rings. The van der Waals surface area contributed by atoms with Crippen molar-refractivity contribution in [1.29, 1.82) is 0 Å². The van der Waals surface area contributed by atoms with E-state index in [0.29, 0.717) is 37.4 Å². The third-order valence-corrected chi connectivity index (χ3v) is 8.14. The van der Waals surface area contributed by atoms with Crippen molar-refractivity contribution in [3.8, 4) is 0 Å². The number of anilines is 2. The summed E-state index contributed by atoms with van der Waals surface area (Å²) in [5.74, 6) is -0.590. The summed E-state index contributed by atoms with van der Waals surface area (Å²) in [6.07, 6.45) is 3.48. The molecule has 1 aliphatic rings. The number of amides is 1. The highest BCUT2D eigenvalue weighted by Crippen LogP contribution is 2.49. The number of halogens is 1. The summed E-state index contributed by atoms with van der Waals surface area (Å²) in [6.45, 7) is 4.41. The third-order valence-electron chi connectivity index (χ3n) is 8.14. The van der Waals surface area contributed by atoms with Crippen LogP contribution in [0, 0.1) is 11.2 Å². The zero-order valence-corrected chi connectivity index (χ0v) is 22.8. The van der Waals surface area contributed by atoms with Crippen LogP contribution in [0.1, 0.15) is 63.1 Å². The maximum Gasteiger partial charge on any atom is 0.412 e. The molecule has 5 N–H and O–H groups in total. The number of aliphatic hydroxyl groups is 2. The minimum Gasteiger partial charge on any atom is -0.449 e. The van der Waals surface area contributed by atoms with Crippen LogP contribution in [0.3, 0.4) is 0 Å². The van der Waals surface area contributed by atoms with Crippen molar-refractivity contribution in [1.82, 2.24) is 14.6 Å². The van der Waals surface area contributed by atoms with Gasteiger partial charge >= 0.3 is 6.09 Å². The van der Waals surface area contributed by atoms with Crippen molar-refractivity contribution in [2.75, 3.05) is 17.7 Å². The fourth-order valence-electron chi connectivity index (χ4n) is 5.78. The van der Waals surface area contributed by atoms with Crippen LogP contribution >= 0.6 is 0 Å². The number of carbonyl (C=O) groups excluding carboxylic acids is 1. The van der Waals surface area contributed by atoms with Crippen LogP contribution in [0.2, 0.25) is 0 Å². The van der Waals surface area contributed by atoms with Crippen LogP contribution in [0.4, 0.5) is 20.7 Å². The van der Waals surface area contributed by atoms with E-state index < -0.39 is 35.5 Å². The Hall–Kier alpha value is -3.76. The number of hydrogen-bond acceptors (Lipinski definition) is 7. The SMILES string of the molecule is CCCCCOC(=O)Nc1ccc2ccc(CC[C@@]3(C)C[C@@H](c4cc(F)c5c(N)ccnn45)[C@H](O)[C@@H]3O)cc2n1. The molecule has 4 aromatic rings. The summed E-state index contributed by atoms with van der Waals surface area (Å²) >= 11 is 0. The molecule has 1 amide bonds. The molecule has 0 saturated heterocycles. The molecule has 9 nitrogen and oxygen atoms in total. The van der Waals surface area contributed by atoms with Crippen molar-refractivity contribution in [3.05, 3.63) is 65.7 Å². The molecule has 5 rings (SSSR count). The van der Waals surface area contributed by atoms with E-state index in [4.69, 9.17) is 10.5 Å². The number of pyridine rings is 1. The summed E-state index contributed by atoms with van der Waals surface area (Å²) in [7, 11) is 0. The van der Waals surface area contributed by atoms with Crippen LogP contribution in [-0.2, 0) is 11.2 Å². The van der Waals surface area contributed by atoms with Gasteiger partial charge in [0.25, 0.3) is 0 Å². The minimum atomic E-state index is -1.07. The maximum atomic E-state index is 14.7. The van der Waals surface area contributed by atoms with Crippen LogP contribution < -0.4 is 11.1 Å². The first-order chi connectivity index (χ1) is 19.2. The molecular weight excluding hydrogens is 513 g/mol. The molecular formula is C30H36FN5O4. The van der Waals surface area contributed by atoms with E-state index in [1.165, 1.54) is 22.8 Å². The molecule has 0 unspecified atom stereocenters. The number of carbonyl (C=O) groups is 1. The van der Waals surface area contributed by atoms with Crippen molar-refractivity contribution in [2.24, 2.45) is 5.41 Å².